The summed E-state index contributed by atoms with van der Waals surface area (Å²) in [4.78, 5) is 14.2. The average molecular weight is 280 g/mol. The molecule has 0 aliphatic carbocycles. The molecule has 5 nitrogen and oxygen atoms in total. The predicted octanol–water partition coefficient (Wildman–Crippen LogP) is 1.89. The van der Waals surface area contributed by atoms with Gasteiger partial charge in [0.25, 0.3) is 0 Å². The second kappa shape index (κ2) is 6.38. The largest absolute Gasteiger partial charge is 0.456 e. The van der Waals surface area contributed by atoms with Crippen LogP contribution < -0.4 is 0 Å². The molecule has 1 aliphatic heterocycles. The number of nitrogens with zero attached hydrogens (tertiary/aromatic N) is 2. The van der Waals surface area contributed by atoms with Gasteiger partial charge in [0.2, 0.25) is 0 Å². The first-order valence-corrected chi connectivity index (χ1v) is 6.85. The van der Waals surface area contributed by atoms with Gasteiger partial charge in [-0.15, -0.1) is 0 Å². The number of hydrogen-bond donors (Lipinski definition) is 0. The summed E-state index contributed by atoms with van der Waals surface area (Å²) in [6.07, 6.45) is 1.69. The lowest BCUT2D eigenvalue weighted by Gasteiger charge is -2.39. The number of carbonyl (C=O) groups excluding carboxylic acids is 1. The monoisotopic (exact) mass is 280 g/mol. The molecule has 0 bridgehead atoms. The van der Waals surface area contributed by atoms with Gasteiger partial charge in [-0.1, -0.05) is 0 Å². The minimum Gasteiger partial charge on any atom is -0.456 e. The van der Waals surface area contributed by atoms with Crippen molar-refractivity contribution in [1.82, 2.24) is 4.90 Å². The van der Waals surface area contributed by atoms with Crippen LogP contribution in [-0.4, -0.2) is 48.3 Å². The Hall–Kier alpha value is -1.38. The first kappa shape index (κ1) is 16.7. The lowest BCUT2D eigenvalue weighted by Crippen LogP contribution is -2.49. The van der Waals surface area contributed by atoms with E-state index in [0.717, 1.165) is 13.1 Å². The van der Waals surface area contributed by atoms with Crippen molar-refractivity contribution in [1.29, 1.82) is 5.26 Å². The van der Waals surface area contributed by atoms with Gasteiger partial charge in [-0.05, 0) is 40.7 Å². The molecule has 5 heteroatoms. The summed E-state index contributed by atoms with van der Waals surface area (Å²) in [7, 11) is 0. The Labute approximate surface area is 121 Å². The van der Waals surface area contributed by atoms with E-state index in [4.69, 9.17) is 9.47 Å². The van der Waals surface area contributed by atoms with E-state index in [1.807, 2.05) is 19.9 Å². The number of rotatable bonds is 3. The third kappa shape index (κ3) is 4.95. The molecule has 0 N–H and O–H groups in total. The van der Waals surface area contributed by atoms with E-state index in [1.165, 1.54) is 0 Å². The molecule has 0 radical (unpaired) electrons. The zero-order valence-electron chi connectivity index (χ0n) is 13.0. The fourth-order valence-electron chi connectivity index (χ4n) is 2.05. The van der Waals surface area contributed by atoms with Crippen LogP contribution in [0.3, 0.4) is 0 Å². The van der Waals surface area contributed by atoms with Crippen LogP contribution in [0.4, 0.5) is 0 Å². The van der Waals surface area contributed by atoms with Crippen LogP contribution in [0.25, 0.3) is 0 Å². The Balaban J connectivity index is 2.86. The van der Waals surface area contributed by atoms with Crippen molar-refractivity contribution in [2.24, 2.45) is 0 Å². The van der Waals surface area contributed by atoms with Crippen LogP contribution in [0.1, 0.15) is 34.6 Å². The van der Waals surface area contributed by atoms with Gasteiger partial charge in [0.1, 0.15) is 17.2 Å². The second-order valence-electron chi connectivity index (χ2n) is 6.42. The van der Waals surface area contributed by atoms with E-state index in [0.29, 0.717) is 13.2 Å². The lowest BCUT2D eigenvalue weighted by molar-refractivity contribution is -0.149. The Morgan fingerprint density at radius 2 is 1.80 bits per heavy atom. The normalized spacial score (nSPS) is 18.5. The van der Waals surface area contributed by atoms with E-state index in [-0.39, 0.29) is 11.1 Å². The SMILES string of the molecule is CC(C)(C)OC(=O)/C(C#N)=C/C(C)(C)N1CCOCC1. The minimum absolute atomic E-state index is 0.0522. The van der Waals surface area contributed by atoms with Crippen LogP contribution >= 0.6 is 0 Å². The van der Waals surface area contributed by atoms with Crippen LogP contribution in [0.15, 0.2) is 11.6 Å². The van der Waals surface area contributed by atoms with E-state index < -0.39 is 11.6 Å². The maximum Gasteiger partial charge on any atom is 0.349 e. The standard InChI is InChI=1S/C15H24N2O3/c1-14(2,3)20-13(18)12(11-16)10-15(4,5)17-6-8-19-9-7-17/h10H,6-9H2,1-5H3/b12-10+. The average Bonchev–Trinajstić information content (AvgIpc) is 2.35. The molecule has 0 saturated carbocycles. The summed E-state index contributed by atoms with van der Waals surface area (Å²) in [5.74, 6) is -0.568. The number of hydrogen-bond acceptors (Lipinski definition) is 5. The maximum atomic E-state index is 12.0. The highest BCUT2D eigenvalue weighted by Crippen LogP contribution is 2.21. The zero-order chi connectivity index (χ0) is 15.4. The molecule has 0 amide bonds. The first-order valence-electron chi connectivity index (χ1n) is 6.85. The van der Waals surface area contributed by atoms with Crippen LogP contribution in [-0.2, 0) is 14.3 Å². The summed E-state index contributed by atoms with van der Waals surface area (Å²) in [5.41, 5.74) is -0.932. The molecule has 20 heavy (non-hydrogen) atoms. The maximum absolute atomic E-state index is 12.0. The van der Waals surface area contributed by atoms with Gasteiger partial charge in [0.15, 0.2) is 0 Å². The highest BCUT2D eigenvalue weighted by Gasteiger charge is 2.29. The topological polar surface area (TPSA) is 62.6 Å². The molecule has 0 aromatic heterocycles. The molecule has 1 saturated heterocycles. The Bertz CT molecular complexity index is 421. The van der Waals surface area contributed by atoms with Crippen molar-refractivity contribution in [2.45, 2.75) is 45.8 Å². The Morgan fingerprint density at radius 1 is 1.25 bits per heavy atom. The van der Waals surface area contributed by atoms with Crippen molar-refractivity contribution >= 4 is 5.97 Å². The van der Waals surface area contributed by atoms with Gasteiger partial charge in [0, 0.05) is 18.6 Å². The van der Waals surface area contributed by atoms with Gasteiger partial charge < -0.3 is 9.47 Å². The zero-order valence-corrected chi connectivity index (χ0v) is 13.0. The second-order valence-corrected chi connectivity index (χ2v) is 6.42. The summed E-state index contributed by atoms with van der Waals surface area (Å²) >= 11 is 0. The molecular weight excluding hydrogens is 256 g/mol. The van der Waals surface area contributed by atoms with Crippen molar-refractivity contribution in [2.75, 3.05) is 26.3 Å². The van der Waals surface area contributed by atoms with Crippen molar-refractivity contribution in [3.63, 3.8) is 0 Å². The fourth-order valence-corrected chi connectivity index (χ4v) is 2.05. The molecule has 1 aliphatic rings. The molecule has 0 unspecified atom stereocenters. The molecule has 1 rings (SSSR count). The van der Waals surface area contributed by atoms with Gasteiger partial charge in [-0.25, -0.2) is 4.79 Å². The van der Waals surface area contributed by atoms with Gasteiger partial charge in [-0.3, -0.25) is 4.90 Å². The Kier molecular flexibility index (Phi) is 5.32. The first-order chi connectivity index (χ1) is 9.15. The predicted molar refractivity (Wildman–Crippen MR) is 76.0 cm³/mol. The molecule has 1 fully saturated rings. The van der Waals surface area contributed by atoms with Gasteiger partial charge in [0.05, 0.1) is 13.2 Å². The van der Waals surface area contributed by atoms with Crippen molar-refractivity contribution in [3.05, 3.63) is 11.6 Å². The third-order valence-electron chi connectivity index (χ3n) is 3.06. The molecule has 0 spiro atoms. The summed E-state index contributed by atoms with van der Waals surface area (Å²) in [6, 6.07) is 1.95. The van der Waals surface area contributed by atoms with Gasteiger partial charge in [-0.2, -0.15) is 5.26 Å². The molecule has 0 aromatic carbocycles. The number of carbonyl (C=O) groups is 1. The summed E-state index contributed by atoms with van der Waals surface area (Å²) in [6.45, 7) is 12.2. The summed E-state index contributed by atoms with van der Waals surface area (Å²) in [5, 5.41) is 9.19. The summed E-state index contributed by atoms with van der Waals surface area (Å²) < 4.78 is 10.6. The van der Waals surface area contributed by atoms with Crippen molar-refractivity contribution < 1.29 is 14.3 Å². The van der Waals surface area contributed by atoms with E-state index in [1.54, 1.807) is 26.8 Å². The van der Waals surface area contributed by atoms with Crippen LogP contribution in [0.2, 0.25) is 0 Å². The highest BCUT2D eigenvalue weighted by molar-refractivity contribution is 5.93. The number of esters is 1. The molecule has 0 atom stereocenters. The third-order valence-corrected chi connectivity index (χ3v) is 3.06. The molecule has 112 valence electrons. The van der Waals surface area contributed by atoms with Crippen molar-refractivity contribution in [3.8, 4) is 6.07 Å². The van der Waals surface area contributed by atoms with E-state index >= 15 is 0 Å². The minimum atomic E-state index is -0.601. The fraction of sp³-hybridized carbons (Fsp3) is 0.733. The van der Waals surface area contributed by atoms with Gasteiger partial charge >= 0.3 is 5.97 Å². The molecule has 0 aromatic rings. The molecule has 1 heterocycles. The van der Waals surface area contributed by atoms with E-state index in [2.05, 4.69) is 4.90 Å². The number of nitriles is 1. The number of ether oxygens (including phenoxy) is 2. The number of morpholine rings is 1. The smallest absolute Gasteiger partial charge is 0.349 e. The van der Waals surface area contributed by atoms with E-state index in [9.17, 15) is 10.1 Å². The lowest BCUT2D eigenvalue weighted by atomic mass is 9.98. The quantitative estimate of drug-likeness (QED) is 0.449. The highest BCUT2D eigenvalue weighted by atomic mass is 16.6. The Morgan fingerprint density at radius 3 is 2.25 bits per heavy atom. The molecular formula is C15H24N2O3. The van der Waals surface area contributed by atoms with Crippen LogP contribution in [0, 0.1) is 11.3 Å². The van der Waals surface area contributed by atoms with Crippen LogP contribution in [0.5, 0.6) is 0 Å².